The molecule has 9 aromatic rings. The van der Waals surface area contributed by atoms with Gasteiger partial charge in [-0.05, 0) is 63.0 Å². The summed E-state index contributed by atoms with van der Waals surface area (Å²) in [6.45, 7) is 0. The summed E-state index contributed by atoms with van der Waals surface area (Å²) < 4.78 is 6.60. The zero-order valence-electron chi connectivity index (χ0n) is 30.0. The molecule has 0 saturated heterocycles. The van der Waals surface area contributed by atoms with E-state index in [2.05, 4.69) is 97.1 Å². The van der Waals surface area contributed by atoms with Crippen LogP contribution in [0.2, 0.25) is 0 Å². The van der Waals surface area contributed by atoms with Crippen molar-refractivity contribution in [3.63, 3.8) is 0 Å². The molecule has 56 heavy (non-hydrogen) atoms. The molecule has 0 saturated carbocycles. The predicted octanol–water partition coefficient (Wildman–Crippen LogP) is 12.0. The van der Waals surface area contributed by atoms with Crippen LogP contribution in [0, 0.1) is 11.3 Å². The van der Waals surface area contributed by atoms with E-state index < -0.39 is 5.41 Å². The fraction of sp³-hybridized carbons (Fsp3) is 0.0196. The van der Waals surface area contributed by atoms with E-state index in [9.17, 15) is 5.26 Å². The van der Waals surface area contributed by atoms with Crippen molar-refractivity contribution >= 4 is 10.8 Å². The molecule has 0 atom stereocenters. The summed E-state index contributed by atoms with van der Waals surface area (Å²) >= 11 is 0. The largest absolute Gasteiger partial charge is 0.457 e. The summed E-state index contributed by atoms with van der Waals surface area (Å²) in [6.07, 6.45) is 0. The number of fused-ring (bicyclic) bond motifs is 11. The third-order valence-corrected chi connectivity index (χ3v) is 11.2. The van der Waals surface area contributed by atoms with Gasteiger partial charge in [0.05, 0.1) is 17.0 Å². The lowest BCUT2D eigenvalue weighted by Crippen LogP contribution is -2.32. The second kappa shape index (κ2) is 12.4. The molecule has 0 bridgehead atoms. The summed E-state index contributed by atoms with van der Waals surface area (Å²) in [5.74, 6) is 3.50. The van der Waals surface area contributed by atoms with Crippen molar-refractivity contribution in [2.75, 3.05) is 0 Å². The molecular formula is C51H30N4O. The second-order valence-corrected chi connectivity index (χ2v) is 14.2. The van der Waals surface area contributed by atoms with Crippen LogP contribution in [0.1, 0.15) is 27.8 Å². The first-order valence-electron chi connectivity index (χ1n) is 18.7. The van der Waals surface area contributed by atoms with Gasteiger partial charge in [0.1, 0.15) is 11.5 Å². The molecule has 1 spiro atoms. The number of rotatable bonds is 4. The van der Waals surface area contributed by atoms with Gasteiger partial charge in [0.15, 0.2) is 17.5 Å². The van der Waals surface area contributed by atoms with Crippen LogP contribution in [0.15, 0.2) is 182 Å². The molecule has 1 aliphatic carbocycles. The van der Waals surface area contributed by atoms with E-state index in [4.69, 9.17) is 19.7 Å². The zero-order valence-corrected chi connectivity index (χ0v) is 30.0. The van der Waals surface area contributed by atoms with Crippen LogP contribution in [0.25, 0.3) is 67.2 Å². The molecule has 11 rings (SSSR count). The van der Waals surface area contributed by atoms with Crippen molar-refractivity contribution in [2.24, 2.45) is 0 Å². The van der Waals surface area contributed by atoms with Crippen molar-refractivity contribution in [2.45, 2.75) is 5.41 Å². The molecule has 8 aromatic carbocycles. The lowest BCUT2D eigenvalue weighted by atomic mass is 9.65. The molecule has 5 nitrogen and oxygen atoms in total. The van der Waals surface area contributed by atoms with Crippen LogP contribution in [-0.4, -0.2) is 15.0 Å². The molecule has 0 radical (unpaired) electrons. The molecule has 0 fully saturated rings. The molecule has 0 N–H and O–H groups in total. The number of para-hydroxylation sites is 2. The molecule has 1 aliphatic heterocycles. The number of hydrogen-bond donors (Lipinski definition) is 0. The highest BCUT2D eigenvalue weighted by Gasteiger charge is 2.52. The van der Waals surface area contributed by atoms with Gasteiger partial charge in [0.2, 0.25) is 0 Å². The van der Waals surface area contributed by atoms with Gasteiger partial charge in [0, 0.05) is 33.2 Å². The van der Waals surface area contributed by atoms with Crippen LogP contribution in [0.4, 0.5) is 0 Å². The van der Waals surface area contributed by atoms with Crippen molar-refractivity contribution in [1.82, 2.24) is 15.0 Å². The first-order valence-corrected chi connectivity index (χ1v) is 18.7. The standard InChI is InChI=1S/C51H30N4O/c52-31-37-30-44-47(39-18-8-7-17-38(37)39)40-28-27-36(29-43(40)51(44)41-19-9-11-21-45(41)56-46-22-12-10-20-42(46)51)32-23-25-35(26-24-32)50-54-48(33-13-3-1-4-14-33)53-49(55-50)34-15-5-2-6-16-34/h1-30H. The first-order chi connectivity index (χ1) is 27.7. The summed E-state index contributed by atoms with van der Waals surface area (Å²) in [5, 5.41) is 12.5. The molecule has 0 unspecified atom stereocenters. The number of aromatic nitrogens is 3. The van der Waals surface area contributed by atoms with Crippen LogP contribution in [0.5, 0.6) is 11.5 Å². The van der Waals surface area contributed by atoms with Gasteiger partial charge >= 0.3 is 0 Å². The Kier molecular flexibility index (Phi) is 7.07. The smallest absolute Gasteiger partial charge is 0.164 e. The number of ether oxygens (including phenoxy) is 1. The van der Waals surface area contributed by atoms with E-state index in [-0.39, 0.29) is 0 Å². The van der Waals surface area contributed by atoms with Crippen molar-refractivity contribution < 1.29 is 4.74 Å². The van der Waals surface area contributed by atoms with Gasteiger partial charge in [-0.2, -0.15) is 5.26 Å². The highest BCUT2D eigenvalue weighted by Crippen LogP contribution is 2.63. The van der Waals surface area contributed by atoms with E-state index in [1.165, 1.54) is 0 Å². The molecule has 1 aromatic heterocycles. The monoisotopic (exact) mass is 714 g/mol. The zero-order chi connectivity index (χ0) is 37.2. The maximum atomic E-state index is 10.5. The summed E-state index contributed by atoms with van der Waals surface area (Å²) in [5.41, 5.74) is 11.5. The molecule has 5 heteroatoms. The summed E-state index contributed by atoms with van der Waals surface area (Å²) in [6, 6.07) is 64.9. The number of nitrogens with zero attached hydrogens (tertiary/aromatic N) is 4. The van der Waals surface area contributed by atoms with Gasteiger partial charge in [-0.1, -0.05) is 158 Å². The highest BCUT2D eigenvalue weighted by molar-refractivity contribution is 6.07. The average Bonchev–Trinajstić information content (AvgIpc) is 3.56. The van der Waals surface area contributed by atoms with E-state index in [0.29, 0.717) is 23.0 Å². The SMILES string of the molecule is N#Cc1cc2c(c3ccccc13)-c1ccc(-c3ccc(-c4nc(-c5ccccc5)nc(-c5ccccc5)n4)cc3)cc1C21c2ccccc2Oc2ccccc21. The minimum Gasteiger partial charge on any atom is -0.457 e. The Morgan fingerprint density at radius 2 is 0.893 bits per heavy atom. The van der Waals surface area contributed by atoms with Crippen LogP contribution >= 0.6 is 0 Å². The minimum atomic E-state index is -0.714. The number of benzene rings is 8. The first kappa shape index (κ1) is 31.8. The quantitative estimate of drug-likeness (QED) is 0.181. The molecule has 2 heterocycles. The van der Waals surface area contributed by atoms with Gasteiger partial charge in [-0.25, -0.2) is 15.0 Å². The van der Waals surface area contributed by atoms with Gasteiger partial charge in [0.25, 0.3) is 0 Å². The lowest BCUT2D eigenvalue weighted by Gasteiger charge is -2.39. The Hall–Kier alpha value is -7.68. The molecule has 0 amide bonds. The molecule has 2 aliphatic rings. The fourth-order valence-corrected chi connectivity index (χ4v) is 8.78. The van der Waals surface area contributed by atoms with Crippen LogP contribution in [0.3, 0.4) is 0 Å². The number of hydrogen-bond acceptors (Lipinski definition) is 5. The summed E-state index contributed by atoms with van der Waals surface area (Å²) in [4.78, 5) is 14.8. The minimum absolute atomic E-state index is 0.614. The third-order valence-electron chi connectivity index (χ3n) is 11.2. The summed E-state index contributed by atoms with van der Waals surface area (Å²) in [7, 11) is 0. The molecule has 260 valence electrons. The Labute approximate surface area is 323 Å². The van der Waals surface area contributed by atoms with Gasteiger partial charge in [-0.3, -0.25) is 0 Å². The van der Waals surface area contributed by atoms with Crippen LogP contribution in [-0.2, 0) is 5.41 Å². The Bertz CT molecular complexity index is 2960. The Morgan fingerprint density at radius 3 is 1.48 bits per heavy atom. The fourth-order valence-electron chi connectivity index (χ4n) is 8.78. The average molecular weight is 715 g/mol. The molecular weight excluding hydrogens is 685 g/mol. The van der Waals surface area contributed by atoms with Gasteiger partial charge < -0.3 is 4.74 Å². The lowest BCUT2D eigenvalue weighted by molar-refractivity contribution is 0.436. The van der Waals surface area contributed by atoms with E-state index in [1.807, 2.05) is 91.0 Å². The third kappa shape index (κ3) is 4.70. The Morgan fingerprint density at radius 1 is 0.411 bits per heavy atom. The Balaban J connectivity index is 1.10. The number of nitriles is 1. The van der Waals surface area contributed by atoms with Crippen molar-refractivity contribution in [3.05, 3.63) is 210 Å². The predicted molar refractivity (Wildman–Crippen MR) is 221 cm³/mol. The van der Waals surface area contributed by atoms with Crippen molar-refractivity contribution in [3.8, 4) is 74.0 Å². The van der Waals surface area contributed by atoms with Gasteiger partial charge in [-0.15, -0.1) is 0 Å². The van der Waals surface area contributed by atoms with Crippen LogP contribution < -0.4 is 4.74 Å². The second-order valence-electron chi connectivity index (χ2n) is 14.2. The maximum absolute atomic E-state index is 10.5. The normalized spacial score (nSPS) is 12.9. The maximum Gasteiger partial charge on any atom is 0.164 e. The highest BCUT2D eigenvalue weighted by atomic mass is 16.5. The van der Waals surface area contributed by atoms with Crippen molar-refractivity contribution in [1.29, 1.82) is 5.26 Å². The van der Waals surface area contributed by atoms with E-state index in [1.54, 1.807) is 0 Å². The topological polar surface area (TPSA) is 71.7 Å². The van der Waals surface area contributed by atoms with E-state index in [0.717, 1.165) is 83.5 Å². The van der Waals surface area contributed by atoms with E-state index >= 15 is 0 Å².